The number of thiophene rings is 1. The molecular weight excluding hydrogens is 350 g/mol. The van der Waals surface area contributed by atoms with Gasteiger partial charge in [0.1, 0.15) is 6.04 Å². The lowest BCUT2D eigenvalue weighted by Gasteiger charge is -2.17. The van der Waals surface area contributed by atoms with Crippen LogP contribution in [0.4, 0.5) is 0 Å². The Morgan fingerprint density at radius 1 is 1.29 bits per heavy atom. The molecule has 1 aromatic carbocycles. The molecule has 2 atom stereocenters. The van der Waals surface area contributed by atoms with E-state index in [1.807, 2.05) is 48.7 Å². The number of hydrogen-bond acceptors (Lipinski definition) is 5. The number of tetrazole rings is 1. The molecule has 5 nitrogen and oxygen atoms in total. The van der Waals surface area contributed by atoms with Gasteiger partial charge in [0, 0.05) is 26.3 Å². The van der Waals surface area contributed by atoms with Gasteiger partial charge in [-0.15, -0.1) is 21.5 Å². The molecule has 0 spiro atoms. The highest BCUT2D eigenvalue weighted by molar-refractivity contribution is 9.10. The summed E-state index contributed by atoms with van der Waals surface area (Å²) in [5, 5.41) is 14.8. The zero-order valence-corrected chi connectivity index (χ0v) is 13.8. The van der Waals surface area contributed by atoms with Gasteiger partial charge in [0.2, 0.25) is 5.82 Å². The van der Waals surface area contributed by atoms with Crippen LogP contribution in [0.25, 0.3) is 11.4 Å². The molecule has 108 valence electrons. The topological polar surface area (TPSA) is 69.6 Å². The van der Waals surface area contributed by atoms with E-state index >= 15 is 0 Å². The third-order valence-electron chi connectivity index (χ3n) is 3.09. The lowest BCUT2D eigenvalue weighted by molar-refractivity contribution is 0.405. The van der Waals surface area contributed by atoms with E-state index in [2.05, 4.69) is 31.3 Å². The molecule has 0 aliphatic heterocycles. The first kappa shape index (κ1) is 14.4. The monoisotopic (exact) mass is 363 g/mol. The van der Waals surface area contributed by atoms with E-state index in [1.165, 1.54) is 0 Å². The number of halogens is 1. The van der Waals surface area contributed by atoms with E-state index in [9.17, 15) is 0 Å². The van der Waals surface area contributed by atoms with Gasteiger partial charge in [-0.25, -0.2) is 0 Å². The fourth-order valence-corrected chi connectivity index (χ4v) is 3.75. The number of benzene rings is 1. The predicted octanol–water partition coefficient (Wildman–Crippen LogP) is 3.10. The number of nitrogens with two attached hydrogens (primary N) is 1. The van der Waals surface area contributed by atoms with Crippen LogP contribution >= 0.6 is 27.3 Å². The van der Waals surface area contributed by atoms with E-state index in [0.717, 1.165) is 14.9 Å². The van der Waals surface area contributed by atoms with Crippen LogP contribution in [-0.2, 0) is 0 Å². The smallest absolute Gasteiger partial charge is 0.204 e. The molecule has 0 bridgehead atoms. The molecule has 2 heterocycles. The van der Waals surface area contributed by atoms with Gasteiger partial charge in [-0.3, -0.25) is 0 Å². The molecule has 2 N–H and O–H groups in total. The third-order valence-corrected chi connectivity index (χ3v) is 4.85. The maximum Gasteiger partial charge on any atom is 0.204 e. The van der Waals surface area contributed by atoms with Crippen LogP contribution in [0, 0.1) is 0 Å². The number of nitrogens with zero attached hydrogens (tertiary/aromatic N) is 4. The van der Waals surface area contributed by atoms with Crippen molar-refractivity contribution in [3.63, 3.8) is 0 Å². The van der Waals surface area contributed by atoms with Gasteiger partial charge < -0.3 is 5.73 Å². The van der Waals surface area contributed by atoms with E-state index in [4.69, 9.17) is 5.73 Å². The van der Waals surface area contributed by atoms with Crippen LogP contribution in [-0.4, -0.2) is 26.2 Å². The molecule has 3 rings (SSSR count). The van der Waals surface area contributed by atoms with Crippen LogP contribution in [0.2, 0.25) is 0 Å². The second-order valence-corrected chi connectivity index (χ2v) is 6.63. The summed E-state index contributed by atoms with van der Waals surface area (Å²) in [6.07, 6.45) is 0. The van der Waals surface area contributed by atoms with Crippen LogP contribution in [0.3, 0.4) is 0 Å². The first-order valence-corrected chi connectivity index (χ1v) is 8.17. The van der Waals surface area contributed by atoms with Gasteiger partial charge >= 0.3 is 0 Å². The lowest BCUT2D eigenvalue weighted by Crippen LogP contribution is -2.31. The standard InChI is InChI=1S/C14H14BrN5S/c1-9(16)13(12-7-11(15)8-21-12)20-18-14(17-19-20)10-5-3-2-4-6-10/h2-9,13H,16H2,1H3. The summed E-state index contributed by atoms with van der Waals surface area (Å²) in [4.78, 5) is 2.71. The van der Waals surface area contributed by atoms with Crippen molar-refractivity contribution in [3.8, 4) is 11.4 Å². The van der Waals surface area contributed by atoms with Gasteiger partial charge in [-0.1, -0.05) is 30.3 Å². The van der Waals surface area contributed by atoms with Crippen molar-refractivity contribution in [3.05, 3.63) is 51.1 Å². The van der Waals surface area contributed by atoms with Crippen LogP contribution < -0.4 is 5.73 Å². The molecule has 7 heteroatoms. The quantitative estimate of drug-likeness (QED) is 0.772. The minimum Gasteiger partial charge on any atom is -0.326 e. The molecule has 2 aromatic heterocycles. The van der Waals surface area contributed by atoms with Gasteiger partial charge in [0.15, 0.2) is 0 Å². The molecule has 0 aliphatic carbocycles. The summed E-state index contributed by atoms with van der Waals surface area (Å²) in [7, 11) is 0. The Bertz CT molecular complexity index is 722. The second-order valence-electron chi connectivity index (χ2n) is 4.77. The van der Waals surface area contributed by atoms with E-state index in [-0.39, 0.29) is 12.1 Å². The van der Waals surface area contributed by atoms with E-state index < -0.39 is 0 Å². The highest BCUT2D eigenvalue weighted by Crippen LogP contribution is 2.29. The summed E-state index contributed by atoms with van der Waals surface area (Å²) in [6.45, 7) is 1.95. The van der Waals surface area contributed by atoms with Crippen molar-refractivity contribution < 1.29 is 0 Å². The van der Waals surface area contributed by atoms with Crippen molar-refractivity contribution >= 4 is 27.3 Å². The molecule has 0 fully saturated rings. The summed E-state index contributed by atoms with van der Waals surface area (Å²) in [5.74, 6) is 0.608. The van der Waals surface area contributed by atoms with Gasteiger partial charge in [0.25, 0.3) is 0 Å². The Labute approximate surface area is 134 Å². The minimum atomic E-state index is -0.119. The first-order valence-electron chi connectivity index (χ1n) is 6.49. The number of aromatic nitrogens is 4. The van der Waals surface area contributed by atoms with Crippen LogP contribution in [0.5, 0.6) is 0 Å². The van der Waals surface area contributed by atoms with Crippen LogP contribution in [0.15, 0.2) is 46.3 Å². The van der Waals surface area contributed by atoms with Crippen molar-refractivity contribution in [2.75, 3.05) is 0 Å². The van der Waals surface area contributed by atoms with Crippen molar-refractivity contribution in [1.82, 2.24) is 20.2 Å². The Balaban J connectivity index is 1.96. The highest BCUT2D eigenvalue weighted by atomic mass is 79.9. The van der Waals surface area contributed by atoms with Crippen molar-refractivity contribution in [2.45, 2.75) is 19.0 Å². The Morgan fingerprint density at radius 2 is 2.05 bits per heavy atom. The lowest BCUT2D eigenvalue weighted by atomic mass is 10.1. The summed E-state index contributed by atoms with van der Waals surface area (Å²) in [6, 6.07) is 11.6. The SMILES string of the molecule is CC(N)C(c1cc(Br)cs1)n1nnc(-c2ccccc2)n1. The molecule has 21 heavy (non-hydrogen) atoms. The molecule has 3 aromatic rings. The zero-order valence-electron chi connectivity index (χ0n) is 11.3. The Hall–Kier alpha value is -1.57. The molecule has 0 amide bonds. The zero-order chi connectivity index (χ0) is 14.8. The maximum absolute atomic E-state index is 6.12. The second kappa shape index (κ2) is 6.05. The summed E-state index contributed by atoms with van der Waals surface area (Å²) in [5.41, 5.74) is 7.06. The highest BCUT2D eigenvalue weighted by Gasteiger charge is 2.23. The molecule has 2 unspecified atom stereocenters. The van der Waals surface area contributed by atoms with Gasteiger partial charge in [-0.2, -0.15) is 4.80 Å². The molecule has 0 saturated carbocycles. The minimum absolute atomic E-state index is 0.117. The molecule has 0 radical (unpaired) electrons. The fourth-order valence-electron chi connectivity index (χ4n) is 2.11. The van der Waals surface area contributed by atoms with E-state index in [1.54, 1.807) is 16.1 Å². The van der Waals surface area contributed by atoms with Crippen molar-refractivity contribution in [2.24, 2.45) is 5.73 Å². The summed E-state index contributed by atoms with van der Waals surface area (Å²) >= 11 is 5.10. The summed E-state index contributed by atoms with van der Waals surface area (Å²) < 4.78 is 1.04. The number of rotatable bonds is 4. The largest absolute Gasteiger partial charge is 0.326 e. The predicted molar refractivity (Wildman–Crippen MR) is 87.1 cm³/mol. The van der Waals surface area contributed by atoms with Crippen LogP contribution in [0.1, 0.15) is 17.8 Å². The van der Waals surface area contributed by atoms with Gasteiger partial charge in [-0.05, 0) is 34.1 Å². The Morgan fingerprint density at radius 3 is 2.67 bits per heavy atom. The third kappa shape index (κ3) is 3.04. The maximum atomic E-state index is 6.12. The molecular formula is C14H14BrN5S. The molecule has 0 aliphatic rings. The average Bonchev–Trinajstić information content (AvgIpc) is 3.10. The molecule has 0 saturated heterocycles. The van der Waals surface area contributed by atoms with E-state index in [0.29, 0.717) is 5.82 Å². The van der Waals surface area contributed by atoms with Crippen molar-refractivity contribution in [1.29, 1.82) is 0 Å². The average molecular weight is 364 g/mol. The number of hydrogen-bond donors (Lipinski definition) is 1. The first-order chi connectivity index (χ1) is 10.1. The van der Waals surface area contributed by atoms with Gasteiger partial charge in [0.05, 0.1) is 0 Å². The Kier molecular flexibility index (Phi) is 4.14. The normalized spacial score (nSPS) is 14.0. The fraction of sp³-hybridized carbons (Fsp3) is 0.214.